The zero-order valence-corrected chi connectivity index (χ0v) is 23.2. The van der Waals surface area contributed by atoms with Crippen molar-refractivity contribution in [2.24, 2.45) is 11.8 Å². The van der Waals surface area contributed by atoms with Crippen LogP contribution in [0.5, 0.6) is 0 Å². The predicted octanol–water partition coefficient (Wildman–Crippen LogP) is 6.29. The monoisotopic (exact) mass is 574 g/mol. The zero-order chi connectivity index (χ0) is 27.4. The molecule has 4 heterocycles. The van der Waals surface area contributed by atoms with Crippen LogP contribution in [0.3, 0.4) is 0 Å². The predicted molar refractivity (Wildman–Crippen MR) is 150 cm³/mol. The molecule has 2 aliphatic heterocycles. The summed E-state index contributed by atoms with van der Waals surface area (Å²) < 4.78 is 3.67. The molecule has 4 atom stereocenters. The molecule has 4 aliphatic rings. The smallest absolute Gasteiger partial charge is 0.217 e. The molecule has 2 fully saturated rings. The lowest BCUT2D eigenvalue weighted by Gasteiger charge is -2.11. The number of nitrogens with zero attached hydrogens (tertiary/aromatic N) is 6. The summed E-state index contributed by atoms with van der Waals surface area (Å²) in [6, 6.07) is 20.4. The van der Waals surface area contributed by atoms with Gasteiger partial charge in [0.15, 0.2) is 0 Å². The molecule has 2 aromatic carbocycles. The number of benzene rings is 2. The second-order valence-corrected chi connectivity index (χ2v) is 12.1. The summed E-state index contributed by atoms with van der Waals surface area (Å²) >= 11 is 12.7. The van der Waals surface area contributed by atoms with Crippen LogP contribution in [0.25, 0.3) is 0 Å². The van der Waals surface area contributed by atoms with Crippen LogP contribution >= 0.6 is 23.2 Å². The SMILES string of the molecule is O=C(c1nc2n(n1)[C@@H](c1ccccc1)C[C@H]2Cl)C1CC1.O=C(c1nc2n(n1)[C@H](c1ccccc1)C[C@@H]2Cl)C1CC1. The van der Waals surface area contributed by atoms with Gasteiger partial charge in [-0.3, -0.25) is 9.59 Å². The minimum atomic E-state index is -0.173. The van der Waals surface area contributed by atoms with Crippen LogP contribution in [-0.2, 0) is 0 Å². The van der Waals surface area contributed by atoms with E-state index in [0.29, 0.717) is 11.6 Å². The maximum Gasteiger partial charge on any atom is 0.217 e. The number of fused-ring (bicyclic) bond motifs is 2. The normalized spacial score (nSPS) is 24.6. The second kappa shape index (κ2) is 10.2. The molecule has 40 heavy (non-hydrogen) atoms. The van der Waals surface area contributed by atoms with Crippen LogP contribution in [0, 0.1) is 11.8 Å². The van der Waals surface area contributed by atoms with Gasteiger partial charge in [0, 0.05) is 11.8 Å². The van der Waals surface area contributed by atoms with Crippen LogP contribution in [0.15, 0.2) is 60.7 Å². The van der Waals surface area contributed by atoms with E-state index in [1.165, 1.54) is 0 Å². The zero-order valence-electron chi connectivity index (χ0n) is 21.7. The summed E-state index contributed by atoms with van der Waals surface area (Å²) in [7, 11) is 0. The van der Waals surface area contributed by atoms with Gasteiger partial charge in [-0.15, -0.1) is 33.4 Å². The summed E-state index contributed by atoms with van der Waals surface area (Å²) in [6.07, 6.45) is 5.42. The molecule has 0 amide bonds. The van der Waals surface area contributed by atoms with Crippen molar-refractivity contribution in [1.29, 1.82) is 0 Å². The van der Waals surface area contributed by atoms with Gasteiger partial charge in [0.05, 0.1) is 22.8 Å². The van der Waals surface area contributed by atoms with Crippen LogP contribution in [0.4, 0.5) is 0 Å². The van der Waals surface area contributed by atoms with Crippen molar-refractivity contribution in [3.63, 3.8) is 0 Å². The summed E-state index contributed by atoms with van der Waals surface area (Å²) in [4.78, 5) is 32.9. The Morgan fingerprint density at radius 3 is 1.35 bits per heavy atom. The largest absolute Gasteiger partial charge is 0.290 e. The number of carbonyl (C=O) groups is 2. The Hall–Kier alpha value is -3.36. The van der Waals surface area contributed by atoms with Gasteiger partial charge < -0.3 is 0 Å². The molecule has 2 aromatic heterocycles. The van der Waals surface area contributed by atoms with Crippen molar-refractivity contribution in [3.8, 4) is 0 Å². The third kappa shape index (κ3) is 4.77. The molecule has 0 bridgehead atoms. The van der Waals surface area contributed by atoms with Gasteiger partial charge in [0.2, 0.25) is 23.2 Å². The van der Waals surface area contributed by atoms with E-state index in [1.54, 1.807) is 0 Å². The topological polar surface area (TPSA) is 95.6 Å². The molecule has 0 saturated heterocycles. The van der Waals surface area contributed by atoms with Gasteiger partial charge >= 0.3 is 0 Å². The molecule has 2 saturated carbocycles. The van der Waals surface area contributed by atoms with Gasteiger partial charge in [-0.2, -0.15) is 0 Å². The number of hydrogen-bond acceptors (Lipinski definition) is 6. The fourth-order valence-corrected chi connectivity index (χ4v) is 6.16. The maximum atomic E-state index is 12.1. The third-order valence-corrected chi connectivity index (χ3v) is 8.78. The Morgan fingerprint density at radius 1 is 0.625 bits per heavy atom. The molecule has 8 nitrogen and oxygen atoms in total. The minimum absolute atomic E-state index is 0.0718. The van der Waals surface area contributed by atoms with E-state index in [2.05, 4.69) is 44.4 Å². The molecule has 2 aliphatic carbocycles. The molecule has 8 rings (SSSR count). The molecule has 0 unspecified atom stereocenters. The standard InChI is InChI=1S/2C15H14ClN3O/c2*16-11-8-12(9-4-2-1-3-5-9)19-15(11)17-14(18-19)13(20)10-6-7-10/h2*1-5,10-12H,6-8H2/t2*11-,12-/m10/s1. The van der Waals surface area contributed by atoms with E-state index >= 15 is 0 Å². The number of alkyl halides is 2. The van der Waals surface area contributed by atoms with Crippen molar-refractivity contribution in [2.75, 3.05) is 0 Å². The van der Waals surface area contributed by atoms with Gasteiger partial charge in [-0.05, 0) is 49.7 Å². The lowest BCUT2D eigenvalue weighted by molar-refractivity contribution is 0.0949. The number of carbonyl (C=O) groups excluding carboxylic acids is 2. The van der Waals surface area contributed by atoms with E-state index < -0.39 is 0 Å². The number of hydrogen-bond donors (Lipinski definition) is 0. The first kappa shape index (κ1) is 25.6. The quantitative estimate of drug-likeness (QED) is 0.198. The Kier molecular flexibility index (Phi) is 6.55. The molecular formula is C30H28Cl2N6O2. The van der Waals surface area contributed by atoms with E-state index in [1.807, 2.05) is 45.8 Å². The molecule has 204 valence electrons. The lowest BCUT2D eigenvalue weighted by Crippen LogP contribution is -2.10. The highest BCUT2D eigenvalue weighted by Crippen LogP contribution is 2.43. The first-order chi connectivity index (χ1) is 19.5. The maximum absolute atomic E-state index is 12.1. The van der Waals surface area contributed by atoms with Crippen LogP contribution in [-0.4, -0.2) is 41.1 Å². The number of Topliss-reactive ketones (excluding diaryl/α,β-unsaturated/α-hetero) is 2. The van der Waals surface area contributed by atoms with Gasteiger partial charge in [0.1, 0.15) is 11.6 Å². The Labute approximate surface area is 241 Å². The van der Waals surface area contributed by atoms with Crippen LogP contribution in [0.1, 0.15) is 105 Å². The van der Waals surface area contributed by atoms with E-state index in [9.17, 15) is 9.59 Å². The average Bonchev–Trinajstić information content (AvgIpc) is 3.87. The van der Waals surface area contributed by atoms with E-state index in [0.717, 1.165) is 61.3 Å². The van der Waals surface area contributed by atoms with Gasteiger partial charge in [0.25, 0.3) is 0 Å². The molecule has 0 N–H and O–H groups in total. The summed E-state index contributed by atoms with van der Waals surface area (Å²) in [5, 5.41) is 8.52. The summed E-state index contributed by atoms with van der Waals surface area (Å²) in [5.41, 5.74) is 2.32. The minimum Gasteiger partial charge on any atom is -0.290 e. The van der Waals surface area contributed by atoms with Crippen molar-refractivity contribution in [1.82, 2.24) is 29.5 Å². The van der Waals surface area contributed by atoms with E-state index in [4.69, 9.17) is 23.2 Å². The Morgan fingerprint density at radius 2 is 1.00 bits per heavy atom. The molecule has 10 heteroatoms. The first-order valence-electron chi connectivity index (χ1n) is 13.9. The van der Waals surface area contributed by atoms with E-state index in [-0.39, 0.29) is 46.2 Å². The summed E-state index contributed by atoms with van der Waals surface area (Å²) in [5.74, 6) is 2.56. The van der Waals surface area contributed by atoms with Crippen molar-refractivity contribution in [3.05, 3.63) is 95.1 Å². The molecule has 0 spiro atoms. The number of ketones is 2. The fraction of sp³-hybridized carbons (Fsp3) is 0.400. The van der Waals surface area contributed by atoms with Crippen molar-refractivity contribution < 1.29 is 9.59 Å². The first-order valence-corrected chi connectivity index (χ1v) is 14.7. The number of rotatable bonds is 6. The highest BCUT2D eigenvalue weighted by molar-refractivity contribution is 6.21. The van der Waals surface area contributed by atoms with Crippen LogP contribution in [0.2, 0.25) is 0 Å². The third-order valence-electron chi connectivity index (χ3n) is 8.03. The highest BCUT2D eigenvalue weighted by Gasteiger charge is 2.40. The average molecular weight is 576 g/mol. The fourth-order valence-electron chi connectivity index (χ4n) is 5.53. The number of halogens is 2. The molecule has 0 radical (unpaired) electrons. The highest BCUT2D eigenvalue weighted by atomic mass is 35.5. The summed E-state index contributed by atoms with van der Waals surface area (Å²) in [6.45, 7) is 0. The Bertz CT molecular complexity index is 1440. The van der Waals surface area contributed by atoms with Crippen molar-refractivity contribution >= 4 is 34.8 Å². The Balaban J connectivity index is 0.000000132. The number of aromatic nitrogens is 6. The van der Waals surface area contributed by atoms with Crippen LogP contribution < -0.4 is 0 Å². The van der Waals surface area contributed by atoms with Gasteiger partial charge in [-0.25, -0.2) is 19.3 Å². The molecule has 4 aromatic rings. The molecular weight excluding hydrogens is 547 g/mol. The second-order valence-electron chi connectivity index (χ2n) is 11.0. The van der Waals surface area contributed by atoms with Crippen molar-refractivity contribution in [2.45, 2.75) is 61.4 Å². The lowest BCUT2D eigenvalue weighted by atomic mass is 10.1. The van der Waals surface area contributed by atoms with Gasteiger partial charge in [-0.1, -0.05) is 60.7 Å².